The van der Waals surface area contributed by atoms with E-state index in [0.717, 1.165) is 32.4 Å². The Kier molecular flexibility index (Phi) is 7.82. The van der Waals surface area contributed by atoms with Crippen LogP contribution in [-0.4, -0.2) is 25.2 Å². The molecule has 0 bridgehead atoms. The molecule has 0 aliphatic heterocycles. The molecule has 0 aromatic carbocycles. The molecule has 118 valence electrons. The van der Waals surface area contributed by atoms with Gasteiger partial charge in [0.25, 0.3) is 0 Å². The van der Waals surface area contributed by atoms with Crippen molar-refractivity contribution in [1.82, 2.24) is 5.32 Å². The molecule has 3 nitrogen and oxygen atoms in total. The van der Waals surface area contributed by atoms with E-state index in [1.807, 2.05) is 0 Å². The first kappa shape index (κ1) is 16.5. The second-order valence-electron chi connectivity index (χ2n) is 5.77. The van der Waals surface area contributed by atoms with Crippen LogP contribution in [0.15, 0.2) is 17.5 Å². The quantitative estimate of drug-likeness (QED) is 0.702. The number of nitrogens with one attached hydrogen (secondary N) is 1. The van der Waals surface area contributed by atoms with E-state index in [4.69, 9.17) is 4.74 Å². The van der Waals surface area contributed by atoms with Crippen LogP contribution in [0.5, 0.6) is 0 Å². The van der Waals surface area contributed by atoms with Crippen molar-refractivity contribution in [2.75, 3.05) is 13.2 Å². The highest BCUT2D eigenvalue weighted by molar-refractivity contribution is 7.09. The summed E-state index contributed by atoms with van der Waals surface area (Å²) in [6.07, 6.45) is 10.4. The maximum absolute atomic E-state index is 11.7. The minimum absolute atomic E-state index is 0.171. The van der Waals surface area contributed by atoms with E-state index in [0.29, 0.717) is 12.5 Å². The van der Waals surface area contributed by atoms with Crippen LogP contribution in [0.4, 0.5) is 0 Å². The molecule has 1 aliphatic rings. The number of carbonyl (C=O) groups is 1. The van der Waals surface area contributed by atoms with Crippen molar-refractivity contribution >= 4 is 17.2 Å². The lowest BCUT2D eigenvalue weighted by Gasteiger charge is -2.21. The summed E-state index contributed by atoms with van der Waals surface area (Å²) >= 11 is 1.76. The number of thiophene rings is 1. The molecule has 1 N–H and O–H groups in total. The van der Waals surface area contributed by atoms with Gasteiger partial charge in [-0.3, -0.25) is 4.79 Å². The van der Waals surface area contributed by atoms with Gasteiger partial charge in [-0.05, 0) is 43.6 Å². The molecule has 1 fully saturated rings. The van der Waals surface area contributed by atoms with E-state index in [1.54, 1.807) is 11.3 Å². The first-order valence-corrected chi connectivity index (χ1v) is 9.13. The van der Waals surface area contributed by atoms with Crippen LogP contribution in [-0.2, 0) is 16.0 Å². The fraction of sp³-hybridized carbons (Fsp3) is 0.706. The lowest BCUT2D eigenvalue weighted by atomic mass is 9.98. The maximum Gasteiger partial charge on any atom is 0.220 e. The SMILES string of the molecule is O=C(CCCc1cccs1)NCCCOC1CCCCC1. The normalized spacial score (nSPS) is 16.0. The van der Waals surface area contributed by atoms with Gasteiger partial charge < -0.3 is 10.1 Å². The Morgan fingerprint density at radius 2 is 2.14 bits per heavy atom. The monoisotopic (exact) mass is 309 g/mol. The van der Waals surface area contributed by atoms with Gasteiger partial charge in [0.1, 0.15) is 0 Å². The number of aryl methyl sites for hydroxylation is 1. The largest absolute Gasteiger partial charge is 0.378 e. The topological polar surface area (TPSA) is 38.3 Å². The summed E-state index contributed by atoms with van der Waals surface area (Å²) < 4.78 is 5.84. The fourth-order valence-corrected chi connectivity index (χ4v) is 3.50. The first-order valence-electron chi connectivity index (χ1n) is 8.25. The number of carbonyl (C=O) groups excluding carboxylic acids is 1. The Morgan fingerprint density at radius 1 is 1.29 bits per heavy atom. The van der Waals surface area contributed by atoms with E-state index in [9.17, 15) is 4.79 Å². The van der Waals surface area contributed by atoms with Crippen molar-refractivity contribution in [3.8, 4) is 0 Å². The number of hydrogen-bond donors (Lipinski definition) is 1. The van der Waals surface area contributed by atoms with E-state index in [1.165, 1.54) is 37.0 Å². The Morgan fingerprint density at radius 3 is 2.90 bits per heavy atom. The van der Waals surface area contributed by atoms with Gasteiger partial charge in [-0.2, -0.15) is 0 Å². The highest BCUT2D eigenvalue weighted by Crippen LogP contribution is 2.20. The van der Waals surface area contributed by atoms with Crippen LogP contribution in [0.1, 0.15) is 56.2 Å². The first-order chi connectivity index (χ1) is 10.3. The van der Waals surface area contributed by atoms with Crippen LogP contribution in [0.2, 0.25) is 0 Å². The van der Waals surface area contributed by atoms with Gasteiger partial charge in [-0.15, -0.1) is 11.3 Å². The number of rotatable bonds is 9. The van der Waals surface area contributed by atoms with E-state index in [-0.39, 0.29) is 5.91 Å². The second kappa shape index (κ2) is 9.96. The zero-order valence-corrected chi connectivity index (χ0v) is 13.6. The summed E-state index contributed by atoms with van der Waals surface area (Å²) in [7, 11) is 0. The van der Waals surface area contributed by atoms with Crippen molar-refractivity contribution in [3.63, 3.8) is 0 Å². The average Bonchev–Trinajstić information content (AvgIpc) is 3.01. The maximum atomic E-state index is 11.7. The molecular formula is C17H27NO2S. The summed E-state index contributed by atoms with van der Waals surface area (Å²) in [4.78, 5) is 13.1. The molecule has 1 aromatic rings. The number of amides is 1. The molecule has 0 unspecified atom stereocenters. The molecule has 1 amide bonds. The highest BCUT2D eigenvalue weighted by atomic mass is 32.1. The zero-order chi connectivity index (χ0) is 14.8. The molecule has 0 atom stereocenters. The van der Waals surface area contributed by atoms with E-state index < -0.39 is 0 Å². The molecule has 2 rings (SSSR count). The minimum Gasteiger partial charge on any atom is -0.378 e. The van der Waals surface area contributed by atoms with Crippen LogP contribution in [0.25, 0.3) is 0 Å². The third kappa shape index (κ3) is 7.09. The minimum atomic E-state index is 0.171. The van der Waals surface area contributed by atoms with Crippen molar-refractivity contribution in [3.05, 3.63) is 22.4 Å². The number of ether oxygens (including phenoxy) is 1. The van der Waals surface area contributed by atoms with Gasteiger partial charge >= 0.3 is 0 Å². The van der Waals surface area contributed by atoms with Crippen molar-refractivity contribution in [2.45, 2.75) is 63.9 Å². The van der Waals surface area contributed by atoms with Gasteiger partial charge in [0.15, 0.2) is 0 Å². The lowest BCUT2D eigenvalue weighted by Crippen LogP contribution is -2.26. The Balaban J connectivity index is 1.42. The summed E-state index contributed by atoms with van der Waals surface area (Å²) in [5.74, 6) is 0.171. The molecule has 0 saturated heterocycles. The Hall–Kier alpha value is -0.870. The van der Waals surface area contributed by atoms with Gasteiger partial charge in [0.05, 0.1) is 6.10 Å². The van der Waals surface area contributed by atoms with Crippen molar-refractivity contribution < 1.29 is 9.53 Å². The lowest BCUT2D eigenvalue weighted by molar-refractivity contribution is -0.121. The average molecular weight is 309 g/mol. The van der Waals surface area contributed by atoms with Crippen LogP contribution >= 0.6 is 11.3 Å². The summed E-state index contributed by atoms with van der Waals surface area (Å²) in [5, 5.41) is 5.07. The third-order valence-corrected chi connectivity index (χ3v) is 4.89. The molecule has 4 heteroatoms. The second-order valence-corrected chi connectivity index (χ2v) is 6.80. The van der Waals surface area contributed by atoms with Crippen LogP contribution in [0, 0.1) is 0 Å². The van der Waals surface area contributed by atoms with Gasteiger partial charge in [-0.25, -0.2) is 0 Å². The predicted molar refractivity (Wildman–Crippen MR) is 87.7 cm³/mol. The summed E-state index contributed by atoms with van der Waals surface area (Å²) in [6, 6.07) is 4.19. The fourth-order valence-electron chi connectivity index (χ4n) is 2.75. The van der Waals surface area contributed by atoms with Crippen molar-refractivity contribution in [1.29, 1.82) is 0 Å². The molecule has 1 aliphatic carbocycles. The number of hydrogen-bond acceptors (Lipinski definition) is 3. The Bertz CT molecular complexity index is 386. The van der Waals surface area contributed by atoms with Crippen molar-refractivity contribution in [2.24, 2.45) is 0 Å². The zero-order valence-electron chi connectivity index (χ0n) is 12.8. The van der Waals surface area contributed by atoms with E-state index >= 15 is 0 Å². The smallest absolute Gasteiger partial charge is 0.220 e. The third-order valence-electron chi connectivity index (χ3n) is 3.96. The standard InChI is InChI=1S/C17H27NO2S/c19-17(11-4-9-16-10-5-14-21-16)18-12-6-13-20-15-7-2-1-3-8-15/h5,10,14-15H,1-4,6-9,11-13H2,(H,18,19). The molecule has 1 heterocycles. The van der Waals surface area contributed by atoms with Gasteiger partial charge in [0.2, 0.25) is 5.91 Å². The summed E-state index contributed by atoms with van der Waals surface area (Å²) in [6.45, 7) is 1.52. The molecule has 0 spiro atoms. The Labute approximate surface area is 132 Å². The van der Waals surface area contributed by atoms with Gasteiger partial charge in [0, 0.05) is 24.4 Å². The highest BCUT2D eigenvalue weighted by Gasteiger charge is 2.13. The molecule has 21 heavy (non-hydrogen) atoms. The predicted octanol–water partition coefficient (Wildman–Crippen LogP) is 3.93. The molecule has 0 radical (unpaired) electrons. The molecule has 1 saturated carbocycles. The van der Waals surface area contributed by atoms with Gasteiger partial charge in [-0.1, -0.05) is 25.3 Å². The van der Waals surface area contributed by atoms with Crippen LogP contribution < -0.4 is 5.32 Å². The molecule has 1 aromatic heterocycles. The summed E-state index contributed by atoms with van der Waals surface area (Å²) in [5.41, 5.74) is 0. The molecular weight excluding hydrogens is 282 g/mol. The van der Waals surface area contributed by atoms with E-state index in [2.05, 4.69) is 22.8 Å². The van der Waals surface area contributed by atoms with Crippen LogP contribution in [0.3, 0.4) is 0 Å².